The number of ether oxygens (including phenoxy) is 1. The summed E-state index contributed by atoms with van der Waals surface area (Å²) in [6, 6.07) is 4.32. The van der Waals surface area contributed by atoms with Gasteiger partial charge in [-0.25, -0.2) is 0 Å². The molecule has 1 aromatic rings. The summed E-state index contributed by atoms with van der Waals surface area (Å²) < 4.78 is 6.46. The molecule has 0 saturated heterocycles. The van der Waals surface area contributed by atoms with Crippen molar-refractivity contribution in [1.82, 2.24) is 0 Å². The fourth-order valence-corrected chi connectivity index (χ4v) is 2.54. The minimum absolute atomic E-state index is 0.234. The second-order valence-electron chi connectivity index (χ2n) is 5.52. The molecule has 0 unspecified atom stereocenters. The van der Waals surface area contributed by atoms with E-state index in [-0.39, 0.29) is 5.54 Å². The Bertz CT molecular complexity index is 394. The van der Waals surface area contributed by atoms with Gasteiger partial charge in [-0.05, 0) is 59.3 Å². The Morgan fingerprint density at radius 3 is 2.35 bits per heavy atom. The van der Waals surface area contributed by atoms with Crippen LogP contribution >= 0.6 is 15.9 Å². The van der Waals surface area contributed by atoms with Crippen LogP contribution in [0.4, 0.5) is 0 Å². The lowest BCUT2D eigenvalue weighted by Crippen LogP contribution is -2.34. The lowest BCUT2D eigenvalue weighted by atomic mass is 9.92. The van der Waals surface area contributed by atoms with Crippen LogP contribution < -0.4 is 10.5 Å². The Morgan fingerprint density at radius 2 is 1.94 bits per heavy atom. The van der Waals surface area contributed by atoms with Crippen molar-refractivity contribution < 1.29 is 4.74 Å². The predicted octanol–water partition coefficient (Wildman–Crippen LogP) is 3.86. The molecule has 96 valence electrons. The summed E-state index contributed by atoms with van der Waals surface area (Å²) in [5, 5.41) is 0. The molecular formula is C14H22BrNO. The number of hydrogen-bond acceptors (Lipinski definition) is 2. The average molecular weight is 300 g/mol. The van der Waals surface area contributed by atoms with Crippen LogP contribution in [0.15, 0.2) is 16.6 Å². The van der Waals surface area contributed by atoms with E-state index in [1.807, 2.05) is 13.8 Å². The van der Waals surface area contributed by atoms with Crippen LogP contribution in [0.3, 0.4) is 0 Å². The SMILES string of the molecule is COc1c(Br)cc(C(C)C)cc1CC(C)(C)N. The molecule has 0 atom stereocenters. The summed E-state index contributed by atoms with van der Waals surface area (Å²) in [4.78, 5) is 0. The maximum Gasteiger partial charge on any atom is 0.136 e. The van der Waals surface area contributed by atoms with E-state index in [1.165, 1.54) is 5.56 Å². The van der Waals surface area contributed by atoms with E-state index in [1.54, 1.807) is 7.11 Å². The van der Waals surface area contributed by atoms with E-state index < -0.39 is 0 Å². The highest BCUT2D eigenvalue weighted by molar-refractivity contribution is 9.10. The Labute approximate surface area is 113 Å². The first-order valence-corrected chi connectivity index (χ1v) is 6.69. The van der Waals surface area contributed by atoms with Crippen LogP contribution in [0.25, 0.3) is 0 Å². The molecule has 0 fully saturated rings. The zero-order valence-electron chi connectivity index (χ0n) is 11.3. The molecular weight excluding hydrogens is 278 g/mol. The third kappa shape index (κ3) is 4.00. The van der Waals surface area contributed by atoms with Crippen molar-refractivity contribution in [3.05, 3.63) is 27.7 Å². The van der Waals surface area contributed by atoms with Gasteiger partial charge in [0.15, 0.2) is 0 Å². The van der Waals surface area contributed by atoms with Crippen LogP contribution in [0.1, 0.15) is 44.7 Å². The van der Waals surface area contributed by atoms with Crippen LogP contribution in [-0.4, -0.2) is 12.6 Å². The second-order valence-corrected chi connectivity index (χ2v) is 6.37. The highest BCUT2D eigenvalue weighted by atomic mass is 79.9. The molecule has 0 radical (unpaired) electrons. The van der Waals surface area contributed by atoms with E-state index in [4.69, 9.17) is 10.5 Å². The van der Waals surface area contributed by atoms with Gasteiger partial charge >= 0.3 is 0 Å². The first kappa shape index (κ1) is 14.5. The topological polar surface area (TPSA) is 35.2 Å². The molecule has 0 aliphatic heterocycles. The van der Waals surface area contributed by atoms with Gasteiger partial charge in [0.05, 0.1) is 11.6 Å². The smallest absolute Gasteiger partial charge is 0.136 e. The summed E-state index contributed by atoms with van der Waals surface area (Å²) in [7, 11) is 1.70. The zero-order valence-corrected chi connectivity index (χ0v) is 12.9. The van der Waals surface area contributed by atoms with Crippen LogP contribution in [0.2, 0.25) is 0 Å². The molecule has 17 heavy (non-hydrogen) atoms. The van der Waals surface area contributed by atoms with E-state index in [2.05, 4.69) is 41.9 Å². The van der Waals surface area contributed by atoms with Gasteiger partial charge in [-0.1, -0.05) is 19.9 Å². The molecule has 1 rings (SSSR count). The van der Waals surface area contributed by atoms with Crippen LogP contribution in [0.5, 0.6) is 5.75 Å². The summed E-state index contributed by atoms with van der Waals surface area (Å²) in [5.41, 5.74) is 8.33. The third-order valence-electron chi connectivity index (χ3n) is 2.66. The van der Waals surface area contributed by atoms with Crippen LogP contribution in [0, 0.1) is 0 Å². The first-order valence-electron chi connectivity index (χ1n) is 5.90. The van der Waals surface area contributed by atoms with Crippen molar-refractivity contribution >= 4 is 15.9 Å². The Kier molecular flexibility index (Phi) is 4.62. The van der Waals surface area contributed by atoms with Gasteiger partial charge < -0.3 is 10.5 Å². The lowest BCUT2D eigenvalue weighted by Gasteiger charge is -2.22. The molecule has 0 bridgehead atoms. The Morgan fingerprint density at radius 1 is 1.35 bits per heavy atom. The molecule has 0 aliphatic carbocycles. The number of rotatable bonds is 4. The molecule has 0 aliphatic rings. The van der Waals surface area contributed by atoms with E-state index in [9.17, 15) is 0 Å². The molecule has 0 aromatic heterocycles. The summed E-state index contributed by atoms with van der Waals surface area (Å²) in [5.74, 6) is 1.39. The van der Waals surface area contributed by atoms with Gasteiger partial charge in [0.25, 0.3) is 0 Å². The van der Waals surface area contributed by atoms with Gasteiger partial charge in [-0.2, -0.15) is 0 Å². The van der Waals surface area contributed by atoms with Gasteiger partial charge in [0, 0.05) is 5.54 Å². The molecule has 0 spiro atoms. The maximum atomic E-state index is 6.10. The van der Waals surface area contributed by atoms with Crippen LogP contribution in [-0.2, 0) is 6.42 Å². The fraction of sp³-hybridized carbons (Fsp3) is 0.571. The molecule has 3 heteroatoms. The van der Waals surface area contributed by atoms with Gasteiger partial charge in [0.2, 0.25) is 0 Å². The molecule has 0 saturated carbocycles. The van der Waals surface area contributed by atoms with Gasteiger partial charge in [0.1, 0.15) is 5.75 Å². The summed E-state index contributed by atoms with van der Waals surface area (Å²) in [6.45, 7) is 8.43. The number of benzene rings is 1. The van der Waals surface area contributed by atoms with Crippen molar-refractivity contribution in [2.45, 2.75) is 45.6 Å². The van der Waals surface area contributed by atoms with Crippen molar-refractivity contribution in [3.8, 4) is 5.75 Å². The third-order valence-corrected chi connectivity index (χ3v) is 3.25. The predicted molar refractivity (Wildman–Crippen MR) is 76.8 cm³/mol. The number of halogens is 1. The second kappa shape index (κ2) is 5.40. The van der Waals surface area contributed by atoms with Gasteiger partial charge in [-0.3, -0.25) is 0 Å². The highest BCUT2D eigenvalue weighted by Crippen LogP contribution is 2.34. The van der Waals surface area contributed by atoms with E-state index in [0.29, 0.717) is 5.92 Å². The Hall–Kier alpha value is -0.540. The van der Waals surface area contributed by atoms with E-state index >= 15 is 0 Å². The minimum Gasteiger partial charge on any atom is -0.495 e. The van der Waals surface area contributed by atoms with Crippen molar-refractivity contribution in [2.24, 2.45) is 5.73 Å². The number of hydrogen-bond donors (Lipinski definition) is 1. The van der Waals surface area contributed by atoms with Gasteiger partial charge in [-0.15, -0.1) is 0 Å². The molecule has 0 heterocycles. The molecule has 1 aromatic carbocycles. The molecule has 0 amide bonds. The average Bonchev–Trinajstić information content (AvgIpc) is 2.14. The minimum atomic E-state index is -0.234. The number of nitrogens with two attached hydrogens (primary N) is 1. The van der Waals surface area contributed by atoms with Crippen molar-refractivity contribution in [2.75, 3.05) is 7.11 Å². The van der Waals surface area contributed by atoms with Crippen molar-refractivity contribution in [3.63, 3.8) is 0 Å². The van der Waals surface area contributed by atoms with Crippen molar-refractivity contribution in [1.29, 1.82) is 0 Å². The summed E-state index contributed by atoms with van der Waals surface area (Å²) >= 11 is 3.57. The molecule has 2 nitrogen and oxygen atoms in total. The Balaban J connectivity index is 3.24. The maximum absolute atomic E-state index is 6.10. The van der Waals surface area contributed by atoms with E-state index in [0.717, 1.165) is 22.2 Å². The standard InChI is InChI=1S/C14H22BrNO/c1-9(2)10-6-11(8-14(3,4)16)13(17-5)12(15)7-10/h6-7,9H,8,16H2,1-5H3. The zero-order chi connectivity index (χ0) is 13.2. The number of methoxy groups -OCH3 is 1. The quantitative estimate of drug-likeness (QED) is 0.916. The fourth-order valence-electron chi connectivity index (χ4n) is 1.86. The monoisotopic (exact) mass is 299 g/mol. The highest BCUT2D eigenvalue weighted by Gasteiger charge is 2.18. The largest absolute Gasteiger partial charge is 0.495 e. The summed E-state index contributed by atoms with van der Waals surface area (Å²) in [6.07, 6.45) is 0.801. The molecule has 2 N–H and O–H groups in total. The lowest BCUT2D eigenvalue weighted by molar-refractivity contribution is 0.399. The normalized spacial score (nSPS) is 12.0. The first-order chi connectivity index (χ1) is 7.74.